The molecule has 1 heterocycles. The number of para-hydroxylation sites is 1. The number of nitrogens with zero attached hydrogens (tertiary/aromatic N) is 1. The van der Waals surface area contributed by atoms with Crippen molar-refractivity contribution in [2.45, 2.75) is 44.4 Å². The molecule has 1 amide bonds. The third-order valence-electron chi connectivity index (χ3n) is 5.93. The number of aryl methyl sites for hydroxylation is 1. The van der Waals surface area contributed by atoms with Crippen molar-refractivity contribution in [1.29, 1.82) is 0 Å². The van der Waals surface area contributed by atoms with Gasteiger partial charge in [-0.05, 0) is 66.9 Å². The molecular formula is C25H29F2N3O2. The molecule has 1 aliphatic carbocycles. The van der Waals surface area contributed by atoms with Crippen molar-refractivity contribution in [3.05, 3.63) is 71.9 Å². The molecule has 3 N–H and O–H groups in total. The van der Waals surface area contributed by atoms with Gasteiger partial charge in [0.2, 0.25) is 5.91 Å². The van der Waals surface area contributed by atoms with E-state index in [1.165, 1.54) is 25.0 Å². The van der Waals surface area contributed by atoms with Gasteiger partial charge in [-0.1, -0.05) is 18.2 Å². The second kappa shape index (κ2) is 10.2. The number of nitrogens with one attached hydrogen (secondary N) is 2. The van der Waals surface area contributed by atoms with Crippen molar-refractivity contribution in [3.63, 3.8) is 0 Å². The number of aromatic nitrogens is 1. The number of aliphatic hydroxyl groups excluding tert-OH is 1. The summed E-state index contributed by atoms with van der Waals surface area (Å²) in [7, 11) is 0. The van der Waals surface area contributed by atoms with Gasteiger partial charge in [-0.15, -0.1) is 0 Å². The van der Waals surface area contributed by atoms with E-state index in [0.29, 0.717) is 24.6 Å². The molecule has 0 spiro atoms. The zero-order valence-electron chi connectivity index (χ0n) is 17.9. The lowest BCUT2D eigenvalue weighted by Gasteiger charge is -2.25. The molecule has 0 radical (unpaired) electrons. The van der Waals surface area contributed by atoms with E-state index >= 15 is 0 Å². The number of halogens is 2. The summed E-state index contributed by atoms with van der Waals surface area (Å²) >= 11 is 0. The molecule has 2 aromatic carbocycles. The summed E-state index contributed by atoms with van der Waals surface area (Å²) in [4.78, 5) is 12.7. The average Bonchev–Trinajstić information content (AvgIpc) is 3.48. The molecule has 1 saturated carbocycles. The third kappa shape index (κ3) is 6.14. The van der Waals surface area contributed by atoms with Crippen molar-refractivity contribution in [2.24, 2.45) is 5.92 Å². The van der Waals surface area contributed by atoms with Gasteiger partial charge >= 0.3 is 0 Å². The standard InChI is InChI=1S/C25H29F2N3O2/c26-20-11-18(12-21(27)14-20)13-22(24(31)16-28-15-17-5-6-17)29-25(32)8-10-30-9-7-19-3-1-2-4-23(19)30/h1-4,7,9,11-12,14,17,22,24,28,31H,5-6,8,10,13,15-16H2,(H,29,32). The summed E-state index contributed by atoms with van der Waals surface area (Å²) in [5.41, 5.74) is 1.45. The summed E-state index contributed by atoms with van der Waals surface area (Å²) in [5, 5.41) is 17.9. The van der Waals surface area contributed by atoms with Gasteiger partial charge in [0.25, 0.3) is 0 Å². The Labute approximate surface area is 186 Å². The Balaban J connectivity index is 1.38. The van der Waals surface area contributed by atoms with Crippen LogP contribution in [0.15, 0.2) is 54.7 Å². The van der Waals surface area contributed by atoms with E-state index in [-0.39, 0.29) is 18.7 Å². The molecule has 32 heavy (non-hydrogen) atoms. The number of amides is 1. The normalized spacial score (nSPS) is 15.6. The first-order valence-corrected chi connectivity index (χ1v) is 11.1. The van der Waals surface area contributed by atoms with Crippen LogP contribution in [-0.2, 0) is 17.8 Å². The molecule has 0 saturated heterocycles. The zero-order chi connectivity index (χ0) is 22.5. The number of carbonyl (C=O) groups excluding carboxylic acids is 1. The summed E-state index contributed by atoms with van der Waals surface area (Å²) in [6, 6.07) is 12.6. The second-order valence-electron chi connectivity index (χ2n) is 8.64. The Bertz CT molecular complexity index is 1040. The number of carbonyl (C=O) groups is 1. The lowest BCUT2D eigenvalue weighted by molar-refractivity contribution is -0.122. The molecule has 0 bridgehead atoms. The van der Waals surface area contributed by atoms with Gasteiger partial charge in [0.05, 0.1) is 12.1 Å². The van der Waals surface area contributed by atoms with Gasteiger partial charge in [-0.25, -0.2) is 8.78 Å². The van der Waals surface area contributed by atoms with E-state index in [4.69, 9.17) is 0 Å². The van der Waals surface area contributed by atoms with Crippen molar-refractivity contribution in [3.8, 4) is 0 Å². The van der Waals surface area contributed by atoms with Crippen LogP contribution < -0.4 is 10.6 Å². The van der Waals surface area contributed by atoms with Crippen LogP contribution in [0.4, 0.5) is 8.78 Å². The summed E-state index contributed by atoms with van der Waals surface area (Å²) in [6.07, 6.45) is 3.83. The van der Waals surface area contributed by atoms with E-state index in [2.05, 4.69) is 10.6 Å². The van der Waals surface area contributed by atoms with Crippen LogP contribution >= 0.6 is 0 Å². The molecule has 170 valence electrons. The fourth-order valence-electron chi connectivity index (χ4n) is 4.00. The zero-order valence-corrected chi connectivity index (χ0v) is 17.9. The fourth-order valence-corrected chi connectivity index (χ4v) is 4.00. The smallest absolute Gasteiger partial charge is 0.222 e. The Morgan fingerprint density at radius 3 is 2.62 bits per heavy atom. The molecule has 1 fully saturated rings. The highest BCUT2D eigenvalue weighted by atomic mass is 19.1. The summed E-state index contributed by atoms with van der Waals surface area (Å²) < 4.78 is 29.3. The predicted octanol–water partition coefficient (Wildman–Crippen LogP) is 3.40. The number of hydrogen-bond donors (Lipinski definition) is 3. The van der Waals surface area contributed by atoms with Crippen LogP contribution in [0.1, 0.15) is 24.8 Å². The molecule has 5 nitrogen and oxygen atoms in total. The van der Waals surface area contributed by atoms with Gasteiger partial charge in [-0.3, -0.25) is 4.79 Å². The first kappa shape index (κ1) is 22.4. The highest BCUT2D eigenvalue weighted by Crippen LogP contribution is 2.27. The van der Waals surface area contributed by atoms with Gasteiger partial charge in [0, 0.05) is 37.3 Å². The molecule has 0 aliphatic heterocycles. The number of benzene rings is 2. The Kier molecular flexibility index (Phi) is 7.17. The SMILES string of the molecule is O=C(CCn1ccc2ccccc21)NC(Cc1cc(F)cc(F)c1)C(O)CNCC1CC1. The fraction of sp³-hybridized carbons (Fsp3) is 0.400. The Morgan fingerprint density at radius 2 is 1.88 bits per heavy atom. The summed E-state index contributed by atoms with van der Waals surface area (Å²) in [5.74, 6) is -0.910. The first-order valence-electron chi connectivity index (χ1n) is 11.1. The monoisotopic (exact) mass is 441 g/mol. The molecule has 7 heteroatoms. The number of fused-ring (bicyclic) bond motifs is 1. The maximum Gasteiger partial charge on any atom is 0.222 e. The van der Waals surface area contributed by atoms with Gasteiger partial charge in [-0.2, -0.15) is 0 Å². The first-order chi connectivity index (χ1) is 15.5. The molecular weight excluding hydrogens is 412 g/mol. The van der Waals surface area contributed by atoms with E-state index in [0.717, 1.165) is 23.5 Å². The average molecular weight is 442 g/mol. The van der Waals surface area contributed by atoms with Crippen LogP contribution in [0.5, 0.6) is 0 Å². The molecule has 4 rings (SSSR count). The van der Waals surface area contributed by atoms with E-state index < -0.39 is 23.8 Å². The predicted molar refractivity (Wildman–Crippen MR) is 120 cm³/mol. The van der Waals surface area contributed by atoms with Crippen LogP contribution in [0.3, 0.4) is 0 Å². The lowest BCUT2D eigenvalue weighted by Crippen LogP contribution is -2.49. The molecule has 3 aromatic rings. The van der Waals surface area contributed by atoms with Crippen LogP contribution in [0.2, 0.25) is 0 Å². The largest absolute Gasteiger partial charge is 0.390 e. The van der Waals surface area contributed by atoms with Crippen molar-refractivity contribution < 1.29 is 18.7 Å². The maximum absolute atomic E-state index is 13.6. The quantitative estimate of drug-likeness (QED) is 0.427. The summed E-state index contributed by atoms with van der Waals surface area (Å²) in [6.45, 7) is 1.63. The molecule has 1 aliphatic rings. The van der Waals surface area contributed by atoms with Crippen LogP contribution in [-0.4, -0.2) is 40.8 Å². The van der Waals surface area contributed by atoms with Crippen LogP contribution in [0.25, 0.3) is 10.9 Å². The highest BCUT2D eigenvalue weighted by Gasteiger charge is 2.24. The molecule has 1 aromatic heterocycles. The third-order valence-corrected chi connectivity index (χ3v) is 5.93. The molecule has 2 unspecified atom stereocenters. The minimum atomic E-state index is -0.878. The maximum atomic E-state index is 13.6. The number of aliphatic hydroxyl groups is 1. The number of rotatable bonds is 11. The van der Waals surface area contributed by atoms with Gasteiger partial charge < -0.3 is 20.3 Å². The van der Waals surface area contributed by atoms with Crippen molar-refractivity contribution in [2.75, 3.05) is 13.1 Å². The van der Waals surface area contributed by atoms with Gasteiger partial charge in [0.15, 0.2) is 0 Å². The number of hydrogen-bond acceptors (Lipinski definition) is 3. The van der Waals surface area contributed by atoms with E-state index in [1.807, 2.05) is 41.1 Å². The van der Waals surface area contributed by atoms with Gasteiger partial charge in [0.1, 0.15) is 11.6 Å². The Hall–Kier alpha value is -2.77. The van der Waals surface area contributed by atoms with E-state index in [9.17, 15) is 18.7 Å². The highest BCUT2D eigenvalue weighted by molar-refractivity contribution is 5.80. The van der Waals surface area contributed by atoms with Crippen molar-refractivity contribution >= 4 is 16.8 Å². The van der Waals surface area contributed by atoms with E-state index in [1.54, 1.807) is 0 Å². The minimum absolute atomic E-state index is 0.138. The Morgan fingerprint density at radius 1 is 1.12 bits per heavy atom. The lowest BCUT2D eigenvalue weighted by atomic mass is 10.0. The van der Waals surface area contributed by atoms with Crippen molar-refractivity contribution in [1.82, 2.24) is 15.2 Å². The minimum Gasteiger partial charge on any atom is -0.390 e. The second-order valence-corrected chi connectivity index (χ2v) is 8.64. The van der Waals surface area contributed by atoms with Crippen LogP contribution in [0, 0.1) is 17.6 Å². The topological polar surface area (TPSA) is 66.3 Å². The molecule has 2 atom stereocenters.